The highest BCUT2D eigenvalue weighted by Crippen LogP contribution is 1.96. The van der Waals surface area contributed by atoms with E-state index >= 15 is 0 Å². The van der Waals surface area contributed by atoms with Crippen LogP contribution in [-0.2, 0) is 4.79 Å². The summed E-state index contributed by atoms with van der Waals surface area (Å²) in [5, 5.41) is 6.24. The molecule has 0 aliphatic carbocycles. The van der Waals surface area contributed by atoms with Crippen molar-refractivity contribution in [1.29, 1.82) is 0 Å². The molecule has 0 atom stereocenters. The largest absolute Gasteiger partial charge is 0.343 e. The lowest BCUT2D eigenvalue weighted by Gasteiger charge is -2.04. The summed E-state index contributed by atoms with van der Waals surface area (Å²) in [6.07, 6.45) is 0. The molecule has 1 rings (SSSR count). The van der Waals surface area contributed by atoms with Crippen LogP contribution in [-0.4, -0.2) is 24.1 Å². The van der Waals surface area contributed by atoms with E-state index in [1.165, 1.54) is 0 Å². The molecule has 1 aromatic carbocycles. The van der Waals surface area contributed by atoms with Gasteiger partial charge in [-0.25, -0.2) is 5.43 Å². The number of rotatable bonds is 4. The Labute approximate surface area is 99.9 Å². The van der Waals surface area contributed by atoms with Crippen molar-refractivity contribution in [2.75, 3.05) is 6.54 Å². The Kier molecular flexibility index (Phi) is 4.87. The Balaban J connectivity index is 2.39. The van der Waals surface area contributed by atoms with Gasteiger partial charge in [-0.3, -0.25) is 9.59 Å². The van der Waals surface area contributed by atoms with Gasteiger partial charge in [0, 0.05) is 11.3 Å². The zero-order chi connectivity index (χ0) is 12.7. The van der Waals surface area contributed by atoms with Crippen LogP contribution in [0.4, 0.5) is 0 Å². The molecule has 90 valence electrons. The van der Waals surface area contributed by atoms with Crippen LogP contribution in [0.15, 0.2) is 35.4 Å². The highest BCUT2D eigenvalue weighted by Gasteiger charge is 2.06. The first kappa shape index (κ1) is 12.9. The summed E-state index contributed by atoms with van der Waals surface area (Å²) in [6, 6.07) is 8.71. The summed E-state index contributed by atoms with van der Waals surface area (Å²) in [7, 11) is 0. The van der Waals surface area contributed by atoms with Crippen molar-refractivity contribution in [3.63, 3.8) is 0 Å². The maximum absolute atomic E-state index is 11.6. The molecular formula is C12H15N3O2. The van der Waals surface area contributed by atoms with Gasteiger partial charge >= 0.3 is 0 Å². The van der Waals surface area contributed by atoms with E-state index in [2.05, 4.69) is 15.8 Å². The molecule has 0 bridgehead atoms. The second-order valence-electron chi connectivity index (χ2n) is 3.64. The first-order valence-electron chi connectivity index (χ1n) is 5.22. The quantitative estimate of drug-likeness (QED) is 0.600. The Morgan fingerprint density at radius 3 is 2.41 bits per heavy atom. The van der Waals surface area contributed by atoms with Gasteiger partial charge < -0.3 is 5.32 Å². The number of carbonyl (C=O) groups excluding carboxylic acids is 2. The molecule has 0 aromatic heterocycles. The van der Waals surface area contributed by atoms with Crippen molar-refractivity contribution in [1.82, 2.24) is 10.7 Å². The van der Waals surface area contributed by atoms with Gasteiger partial charge in [0.1, 0.15) is 0 Å². The lowest BCUT2D eigenvalue weighted by Crippen LogP contribution is -2.35. The minimum Gasteiger partial charge on any atom is -0.343 e. The van der Waals surface area contributed by atoms with E-state index in [9.17, 15) is 9.59 Å². The molecule has 17 heavy (non-hydrogen) atoms. The van der Waals surface area contributed by atoms with E-state index in [-0.39, 0.29) is 18.4 Å². The highest BCUT2D eigenvalue weighted by atomic mass is 16.2. The third kappa shape index (κ3) is 4.92. The summed E-state index contributed by atoms with van der Waals surface area (Å²) in [5.74, 6) is -0.631. The third-order valence-corrected chi connectivity index (χ3v) is 1.85. The molecule has 5 nitrogen and oxygen atoms in total. The minimum absolute atomic E-state index is 0.0928. The molecular weight excluding hydrogens is 218 g/mol. The molecule has 0 heterocycles. The number of nitrogens with zero attached hydrogens (tertiary/aromatic N) is 1. The zero-order valence-corrected chi connectivity index (χ0v) is 9.86. The van der Waals surface area contributed by atoms with Gasteiger partial charge in [0.15, 0.2) is 0 Å². The number of hydrogen-bond acceptors (Lipinski definition) is 3. The normalized spacial score (nSPS) is 9.29. The predicted octanol–water partition coefficient (Wildman–Crippen LogP) is 0.928. The summed E-state index contributed by atoms with van der Waals surface area (Å²) in [6.45, 7) is 3.44. The lowest BCUT2D eigenvalue weighted by molar-refractivity contribution is -0.120. The first-order valence-corrected chi connectivity index (χ1v) is 5.22. The first-order chi connectivity index (χ1) is 8.09. The van der Waals surface area contributed by atoms with Crippen molar-refractivity contribution in [3.05, 3.63) is 35.9 Å². The average Bonchev–Trinajstić information content (AvgIpc) is 2.34. The molecule has 0 spiro atoms. The average molecular weight is 233 g/mol. The number of carbonyl (C=O) groups is 2. The summed E-state index contributed by atoms with van der Waals surface area (Å²) >= 11 is 0. The lowest BCUT2D eigenvalue weighted by atomic mass is 10.2. The molecule has 1 aromatic rings. The molecule has 0 saturated heterocycles. The van der Waals surface area contributed by atoms with Crippen molar-refractivity contribution in [3.8, 4) is 0 Å². The Morgan fingerprint density at radius 2 is 1.82 bits per heavy atom. The predicted molar refractivity (Wildman–Crippen MR) is 65.7 cm³/mol. The van der Waals surface area contributed by atoms with Crippen LogP contribution in [0.5, 0.6) is 0 Å². The maximum Gasteiger partial charge on any atom is 0.259 e. The standard InChI is InChI=1S/C12H15N3O2/c1-9(2)14-15-11(16)8-13-12(17)10-6-4-3-5-7-10/h3-7H,8H2,1-2H3,(H,13,17)(H,15,16). The number of nitrogens with one attached hydrogen (secondary N) is 2. The maximum atomic E-state index is 11.6. The Bertz CT molecular complexity index is 423. The van der Waals surface area contributed by atoms with E-state index in [0.717, 1.165) is 5.71 Å². The van der Waals surface area contributed by atoms with Crippen molar-refractivity contribution in [2.24, 2.45) is 5.10 Å². The number of hydrazone groups is 1. The Hall–Kier alpha value is -2.17. The molecule has 0 unspecified atom stereocenters. The van der Waals surface area contributed by atoms with Gasteiger partial charge in [0.05, 0.1) is 6.54 Å². The molecule has 0 aliphatic heterocycles. The van der Waals surface area contributed by atoms with Gasteiger partial charge in [-0.05, 0) is 26.0 Å². The van der Waals surface area contributed by atoms with Crippen molar-refractivity contribution in [2.45, 2.75) is 13.8 Å². The Morgan fingerprint density at radius 1 is 1.18 bits per heavy atom. The van der Waals surface area contributed by atoms with Crippen molar-refractivity contribution >= 4 is 17.5 Å². The summed E-state index contributed by atoms with van der Waals surface area (Å²) in [5.41, 5.74) is 3.59. The second kappa shape index (κ2) is 6.42. The van der Waals surface area contributed by atoms with Crippen LogP contribution in [0.3, 0.4) is 0 Å². The number of hydrogen-bond donors (Lipinski definition) is 2. The van der Waals surface area contributed by atoms with Crippen LogP contribution in [0, 0.1) is 0 Å². The number of amides is 2. The van der Waals surface area contributed by atoms with Gasteiger partial charge in [-0.1, -0.05) is 18.2 Å². The van der Waals surface area contributed by atoms with Crippen LogP contribution in [0.1, 0.15) is 24.2 Å². The van der Waals surface area contributed by atoms with Gasteiger partial charge in [-0.15, -0.1) is 0 Å². The fourth-order valence-electron chi connectivity index (χ4n) is 1.07. The molecule has 2 amide bonds. The molecule has 5 heteroatoms. The molecule has 0 aliphatic rings. The topological polar surface area (TPSA) is 70.6 Å². The zero-order valence-electron chi connectivity index (χ0n) is 9.86. The van der Waals surface area contributed by atoms with E-state index < -0.39 is 0 Å². The van der Waals surface area contributed by atoms with Gasteiger partial charge in [0.25, 0.3) is 11.8 Å². The summed E-state index contributed by atoms with van der Waals surface area (Å²) in [4.78, 5) is 22.8. The second-order valence-corrected chi connectivity index (χ2v) is 3.64. The highest BCUT2D eigenvalue weighted by molar-refractivity contribution is 5.96. The monoisotopic (exact) mass is 233 g/mol. The fraction of sp³-hybridized carbons (Fsp3) is 0.250. The van der Waals surface area contributed by atoms with Crippen LogP contribution < -0.4 is 10.7 Å². The number of benzene rings is 1. The molecule has 0 saturated carbocycles. The third-order valence-electron chi connectivity index (χ3n) is 1.85. The fourth-order valence-corrected chi connectivity index (χ4v) is 1.07. The molecule has 0 radical (unpaired) electrons. The summed E-state index contributed by atoms with van der Waals surface area (Å²) < 4.78 is 0. The van der Waals surface area contributed by atoms with Gasteiger partial charge in [0.2, 0.25) is 0 Å². The van der Waals surface area contributed by atoms with Crippen LogP contribution in [0.25, 0.3) is 0 Å². The van der Waals surface area contributed by atoms with Crippen LogP contribution >= 0.6 is 0 Å². The van der Waals surface area contributed by atoms with Gasteiger partial charge in [-0.2, -0.15) is 5.10 Å². The van der Waals surface area contributed by atoms with E-state index in [1.807, 2.05) is 6.07 Å². The van der Waals surface area contributed by atoms with Crippen LogP contribution in [0.2, 0.25) is 0 Å². The van der Waals surface area contributed by atoms with E-state index in [4.69, 9.17) is 0 Å². The minimum atomic E-state index is -0.351. The smallest absolute Gasteiger partial charge is 0.259 e. The van der Waals surface area contributed by atoms with E-state index in [1.54, 1.807) is 38.1 Å². The molecule has 0 fully saturated rings. The van der Waals surface area contributed by atoms with Crippen molar-refractivity contribution < 1.29 is 9.59 Å². The molecule has 2 N–H and O–H groups in total. The van der Waals surface area contributed by atoms with E-state index in [0.29, 0.717) is 5.56 Å². The SMILES string of the molecule is CC(C)=NNC(=O)CNC(=O)c1ccccc1.